The first-order valence-corrected chi connectivity index (χ1v) is 6.76. The Labute approximate surface area is 111 Å². The van der Waals surface area contributed by atoms with E-state index in [2.05, 4.69) is 22.9 Å². The molecular weight excluding hydrogens is 242 g/mol. The van der Waals surface area contributed by atoms with E-state index in [9.17, 15) is 5.26 Å². The highest BCUT2D eigenvalue weighted by Gasteiger charge is 2.13. The van der Waals surface area contributed by atoms with Crippen molar-refractivity contribution in [1.29, 1.82) is 5.26 Å². The number of nitrogens with one attached hydrogen (secondary N) is 1. The molecule has 1 aromatic heterocycles. The van der Waals surface area contributed by atoms with Gasteiger partial charge in [0.15, 0.2) is 0 Å². The molecule has 3 nitrogen and oxygen atoms in total. The van der Waals surface area contributed by atoms with Gasteiger partial charge in [0.25, 0.3) is 0 Å². The van der Waals surface area contributed by atoms with Crippen molar-refractivity contribution in [3.63, 3.8) is 0 Å². The fourth-order valence-corrected chi connectivity index (χ4v) is 2.34. The molecule has 0 saturated heterocycles. The Bertz CT molecular complexity index is 629. The monoisotopic (exact) mass is 255 g/mol. The number of thioether (sulfide) groups is 1. The number of nitrogens with zero attached hydrogens (tertiary/aromatic N) is 2. The largest absolute Gasteiger partial charge is 0.380 e. The minimum Gasteiger partial charge on any atom is -0.380 e. The minimum absolute atomic E-state index is 0.600. The summed E-state index contributed by atoms with van der Waals surface area (Å²) in [7, 11) is 0. The van der Waals surface area contributed by atoms with Crippen molar-refractivity contribution in [1.82, 2.24) is 4.98 Å². The lowest BCUT2D eigenvalue weighted by Crippen LogP contribution is -2.03. The lowest BCUT2D eigenvalue weighted by Gasteiger charge is -2.12. The van der Waals surface area contributed by atoms with Crippen molar-refractivity contribution in [2.45, 2.75) is 5.03 Å². The number of aromatic nitrogens is 1. The predicted octanol–water partition coefficient (Wildman–Crippen LogP) is 3.43. The van der Waals surface area contributed by atoms with Crippen LogP contribution in [0.25, 0.3) is 10.9 Å². The van der Waals surface area contributed by atoms with Crippen LogP contribution in [-0.4, -0.2) is 17.8 Å². The third-order valence-electron chi connectivity index (χ3n) is 2.59. The topological polar surface area (TPSA) is 48.7 Å². The van der Waals surface area contributed by atoms with E-state index >= 15 is 0 Å². The van der Waals surface area contributed by atoms with Gasteiger partial charge in [0.1, 0.15) is 16.7 Å². The molecule has 0 saturated carbocycles. The molecule has 0 aliphatic heterocycles. The van der Waals surface area contributed by atoms with Crippen molar-refractivity contribution in [3.8, 4) is 6.07 Å². The Balaban J connectivity index is 2.74. The summed E-state index contributed by atoms with van der Waals surface area (Å²) in [5.74, 6) is 0. The minimum atomic E-state index is 0.600. The van der Waals surface area contributed by atoms with Gasteiger partial charge in [-0.05, 0) is 12.3 Å². The molecule has 1 aromatic carbocycles. The second-order valence-corrected chi connectivity index (χ2v) is 4.46. The average molecular weight is 255 g/mol. The average Bonchev–Trinajstić information content (AvgIpc) is 2.43. The van der Waals surface area contributed by atoms with Gasteiger partial charge in [-0.15, -0.1) is 18.3 Å². The Morgan fingerprint density at radius 3 is 2.94 bits per heavy atom. The third kappa shape index (κ3) is 2.18. The fourth-order valence-electron chi connectivity index (χ4n) is 1.80. The van der Waals surface area contributed by atoms with Crippen molar-refractivity contribution < 1.29 is 0 Å². The van der Waals surface area contributed by atoms with Crippen LogP contribution in [0.3, 0.4) is 0 Å². The Morgan fingerprint density at radius 1 is 1.50 bits per heavy atom. The Hall–Kier alpha value is -1.99. The van der Waals surface area contributed by atoms with Crippen LogP contribution in [0.4, 0.5) is 5.69 Å². The molecule has 4 heteroatoms. The van der Waals surface area contributed by atoms with Gasteiger partial charge in [0.05, 0.1) is 11.2 Å². The van der Waals surface area contributed by atoms with Crippen LogP contribution in [0.15, 0.2) is 41.9 Å². The summed E-state index contributed by atoms with van der Waals surface area (Å²) in [5.41, 5.74) is 2.34. The Morgan fingerprint density at radius 2 is 2.28 bits per heavy atom. The molecule has 90 valence electrons. The lowest BCUT2D eigenvalue weighted by atomic mass is 10.1. The van der Waals surface area contributed by atoms with E-state index in [1.54, 1.807) is 6.08 Å². The van der Waals surface area contributed by atoms with Crippen LogP contribution in [0, 0.1) is 11.3 Å². The van der Waals surface area contributed by atoms with Crippen LogP contribution >= 0.6 is 11.8 Å². The lowest BCUT2D eigenvalue weighted by molar-refractivity contribution is 1.16. The zero-order valence-electron chi connectivity index (χ0n) is 10.1. The maximum atomic E-state index is 9.32. The van der Waals surface area contributed by atoms with Crippen LogP contribution in [-0.2, 0) is 0 Å². The van der Waals surface area contributed by atoms with Crippen molar-refractivity contribution in [2.24, 2.45) is 0 Å². The van der Waals surface area contributed by atoms with Gasteiger partial charge >= 0.3 is 0 Å². The van der Waals surface area contributed by atoms with E-state index in [-0.39, 0.29) is 0 Å². The van der Waals surface area contributed by atoms with E-state index in [1.807, 2.05) is 30.5 Å². The first-order valence-electron chi connectivity index (χ1n) is 5.53. The molecule has 18 heavy (non-hydrogen) atoms. The number of pyridine rings is 1. The number of anilines is 1. The zero-order valence-corrected chi connectivity index (χ0v) is 10.9. The number of hydrogen-bond acceptors (Lipinski definition) is 4. The van der Waals surface area contributed by atoms with Gasteiger partial charge in [-0.2, -0.15) is 5.26 Å². The SMILES string of the molecule is C=CCNc1c(C#N)c(SC)nc2ccccc12. The highest BCUT2D eigenvalue weighted by molar-refractivity contribution is 7.98. The number of para-hydroxylation sites is 1. The molecule has 0 amide bonds. The molecule has 0 spiro atoms. The normalized spacial score (nSPS) is 10.0. The molecule has 1 N–H and O–H groups in total. The number of fused-ring (bicyclic) bond motifs is 1. The number of rotatable bonds is 4. The van der Waals surface area contributed by atoms with Gasteiger partial charge in [-0.1, -0.05) is 24.3 Å². The first kappa shape index (κ1) is 12.5. The van der Waals surface area contributed by atoms with Gasteiger partial charge in [-0.3, -0.25) is 0 Å². The molecule has 0 fully saturated rings. The molecule has 2 rings (SSSR count). The number of benzene rings is 1. The summed E-state index contributed by atoms with van der Waals surface area (Å²) in [6.45, 7) is 4.31. The standard InChI is InChI=1S/C14H13N3S/c1-3-8-16-13-10-6-4-5-7-12(10)17-14(18-2)11(13)9-15/h3-7H,1,8H2,2H3,(H,16,17). The zero-order chi connectivity index (χ0) is 13.0. The van der Waals surface area contributed by atoms with Gasteiger partial charge < -0.3 is 5.32 Å². The van der Waals surface area contributed by atoms with E-state index in [1.165, 1.54) is 11.8 Å². The maximum absolute atomic E-state index is 9.32. The number of hydrogen-bond donors (Lipinski definition) is 1. The molecule has 0 radical (unpaired) electrons. The third-order valence-corrected chi connectivity index (χ3v) is 3.27. The summed E-state index contributed by atoms with van der Waals surface area (Å²) in [5, 5.41) is 14.3. The van der Waals surface area contributed by atoms with Gasteiger partial charge in [-0.25, -0.2) is 4.98 Å². The Kier molecular flexibility index (Phi) is 3.85. The predicted molar refractivity (Wildman–Crippen MR) is 76.9 cm³/mol. The summed E-state index contributed by atoms with van der Waals surface area (Å²) < 4.78 is 0. The van der Waals surface area contributed by atoms with E-state index < -0.39 is 0 Å². The second kappa shape index (κ2) is 5.56. The molecule has 1 heterocycles. The summed E-state index contributed by atoms with van der Waals surface area (Å²) in [6.07, 6.45) is 3.70. The van der Waals surface area contributed by atoms with Gasteiger partial charge in [0, 0.05) is 11.9 Å². The highest BCUT2D eigenvalue weighted by atomic mass is 32.2. The summed E-state index contributed by atoms with van der Waals surface area (Å²) in [4.78, 5) is 4.51. The van der Waals surface area contributed by atoms with Crippen LogP contribution in [0.2, 0.25) is 0 Å². The summed E-state index contributed by atoms with van der Waals surface area (Å²) >= 11 is 1.48. The molecule has 0 unspecified atom stereocenters. The molecular formula is C14H13N3S. The van der Waals surface area contributed by atoms with E-state index in [4.69, 9.17) is 0 Å². The van der Waals surface area contributed by atoms with E-state index in [0.717, 1.165) is 21.6 Å². The fraction of sp³-hybridized carbons (Fsp3) is 0.143. The van der Waals surface area contributed by atoms with E-state index in [0.29, 0.717) is 12.1 Å². The molecule has 0 atom stereocenters. The quantitative estimate of drug-likeness (QED) is 0.671. The second-order valence-electron chi connectivity index (χ2n) is 3.67. The maximum Gasteiger partial charge on any atom is 0.116 e. The smallest absolute Gasteiger partial charge is 0.116 e. The first-order chi connectivity index (χ1) is 8.81. The van der Waals surface area contributed by atoms with Crippen LogP contribution < -0.4 is 5.32 Å². The molecule has 0 aliphatic carbocycles. The van der Waals surface area contributed by atoms with Crippen LogP contribution in [0.1, 0.15) is 5.56 Å². The molecule has 0 bridgehead atoms. The highest BCUT2D eigenvalue weighted by Crippen LogP contribution is 2.31. The van der Waals surface area contributed by atoms with Crippen molar-refractivity contribution >= 4 is 28.4 Å². The molecule has 0 aliphatic rings. The number of nitriles is 1. The van der Waals surface area contributed by atoms with Crippen molar-refractivity contribution in [3.05, 3.63) is 42.5 Å². The van der Waals surface area contributed by atoms with Gasteiger partial charge in [0.2, 0.25) is 0 Å². The molecule has 2 aromatic rings. The van der Waals surface area contributed by atoms with Crippen LogP contribution in [0.5, 0.6) is 0 Å². The summed E-state index contributed by atoms with van der Waals surface area (Å²) in [6, 6.07) is 10.1. The van der Waals surface area contributed by atoms with Crippen molar-refractivity contribution in [2.75, 3.05) is 18.1 Å².